The van der Waals surface area contributed by atoms with Gasteiger partial charge in [0.05, 0.1) is 23.5 Å². The van der Waals surface area contributed by atoms with Crippen LogP contribution in [0.1, 0.15) is 17.0 Å². The van der Waals surface area contributed by atoms with Crippen LogP contribution in [0.25, 0.3) is 0 Å². The van der Waals surface area contributed by atoms with Crippen LogP contribution < -0.4 is 10.1 Å². The molecular weight excluding hydrogens is 286 g/mol. The second kappa shape index (κ2) is 7.17. The summed E-state index contributed by atoms with van der Waals surface area (Å²) < 4.78 is 5.26. The van der Waals surface area contributed by atoms with E-state index in [9.17, 15) is 4.79 Å². The van der Waals surface area contributed by atoms with Crippen LogP contribution in [-0.2, 0) is 11.3 Å². The minimum Gasteiger partial charge on any atom is -0.496 e. The Bertz CT molecular complexity index is 606. The third kappa shape index (κ3) is 4.01. The van der Waals surface area contributed by atoms with Crippen molar-refractivity contribution >= 4 is 17.7 Å². The quantitative estimate of drug-likeness (QED) is 0.805. The molecule has 0 aliphatic heterocycles. The zero-order chi connectivity index (χ0) is 15.2. The Morgan fingerprint density at radius 2 is 2.14 bits per heavy atom. The lowest BCUT2D eigenvalue weighted by Crippen LogP contribution is -2.24. The molecule has 0 saturated carbocycles. The molecule has 6 heteroatoms. The van der Waals surface area contributed by atoms with Gasteiger partial charge in [0, 0.05) is 17.8 Å². The molecule has 2 rings (SSSR count). The summed E-state index contributed by atoms with van der Waals surface area (Å²) >= 11 is 1.50. The lowest BCUT2D eigenvalue weighted by Gasteiger charge is -2.09. The molecule has 0 fully saturated rings. The number of nitrogens with one attached hydrogen (secondary N) is 2. The fourth-order valence-electron chi connectivity index (χ4n) is 1.98. The average molecular weight is 305 g/mol. The highest BCUT2D eigenvalue weighted by Gasteiger charge is 2.10. The number of carbonyl (C=O) groups excluding carboxylic acids is 1. The molecule has 0 radical (unpaired) electrons. The van der Waals surface area contributed by atoms with E-state index in [0.29, 0.717) is 12.3 Å². The number of aromatic nitrogens is 2. The van der Waals surface area contributed by atoms with Gasteiger partial charge < -0.3 is 10.1 Å². The zero-order valence-electron chi connectivity index (χ0n) is 12.4. The molecule has 0 spiro atoms. The Kier molecular flexibility index (Phi) is 5.27. The van der Waals surface area contributed by atoms with Gasteiger partial charge in [0.1, 0.15) is 5.75 Å². The smallest absolute Gasteiger partial charge is 0.230 e. The summed E-state index contributed by atoms with van der Waals surface area (Å²) in [5, 5.41) is 9.94. The first-order valence-electron chi connectivity index (χ1n) is 6.64. The number of aryl methyl sites for hydroxylation is 2. The summed E-state index contributed by atoms with van der Waals surface area (Å²) in [5.41, 5.74) is 2.89. The van der Waals surface area contributed by atoms with E-state index in [0.717, 1.165) is 27.6 Å². The van der Waals surface area contributed by atoms with Gasteiger partial charge in [0.25, 0.3) is 0 Å². The van der Waals surface area contributed by atoms with E-state index in [1.807, 2.05) is 38.1 Å². The minimum absolute atomic E-state index is 0.00842. The molecule has 1 aromatic carbocycles. The fourth-order valence-corrected chi connectivity index (χ4v) is 2.88. The van der Waals surface area contributed by atoms with Crippen LogP contribution in [0.5, 0.6) is 5.75 Å². The number of ether oxygens (including phenoxy) is 1. The van der Waals surface area contributed by atoms with E-state index < -0.39 is 0 Å². The van der Waals surface area contributed by atoms with Crippen LogP contribution in [0.2, 0.25) is 0 Å². The Morgan fingerprint density at radius 1 is 1.38 bits per heavy atom. The summed E-state index contributed by atoms with van der Waals surface area (Å²) in [4.78, 5) is 13.0. The second-order valence-electron chi connectivity index (χ2n) is 4.64. The Morgan fingerprint density at radius 3 is 2.81 bits per heavy atom. The van der Waals surface area contributed by atoms with Crippen molar-refractivity contribution in [1.29, 1.82) is 0 Å². The van der Waals surface area contributed by atoms with Crippen LogP contribution in [0.15, 0.2) is 29.2 Å². The van der Waals surface area contributed by atoms with Gasteiger partial charge in [-0.1, -0.05) is 18.2 Å². The largest absolute Gasteiger partial charge is 0.496 e. The van der Waals surface area contributed by atoms with Gasteiger partial charge >= 0.3 is 0 Å². The van der Waals surface area contributed by atoms with Crippen LogP contribution in [0.4, 0.5) is 0 Å². The summed E-state index contributed by atoms with van der Waals surface area (Å²) in [6.45, 7) is 4.35. The van der Waals surface area contributed by atoms with Crippen molar-refractivity contribution in [2.45, 2.75) is 25.3 Å². The van der Waals surface area contributed by atoms with Gasteiger partial charge in [-0.3, -0.25) is 9.89 Å². The highest BCUT2D eigenvalue weighted by Crippen LogP contribution is 2.23. The van der Waals surface area contributed by atoms with Crippen molar-refractivity contribution in [3.05, 3.63) is 41.2 Å². The third-order valence-electron chi connectivity index (χ3n) is 3.08. The van der Waals surface area contributed by atoms with Gasteiger partial charge in [-0.15, -0.1) is 11.8 Å². The number of H-pyrrole nitrogens is 1. The first-order chi connectivity index (χ1) is 10.1. The lowest BCUT2D eigenvalue weighted by atomic mass is 10.2. The molecular formula is C15H19N3O2S. The summed E-state index contributed by atoms with van der Waals surface area (Å²) in [5.74, 6) is 1.15. The molecule has 0 saturated heterocycles. The van der Waals surface area contributed by atoms with E-state index in [-0.39, 0.29) is 5.91 Å². The number of hydrogen-bond donors (Lipinski definition) is 2. The van der Waals surface area contributed by atoms with E-state index in [1.54, 1.807) is 7.11 Å². The van der Waals surface area contributed by atoms with E-state index >= 15 is 0 Å². The van der Waals surface area contributed by atoms with Crippen molar-refractivity contribution in [2.24, 2.45) is 0 Å². The number of para-hydroxylation sites is 1. The molecule has 0 atom stereocenters. The molecule has 0 aliphatic carbocycles. The maximum atomic E-state index is 11.9. The van der Waals surface area contributed by atoms with Gasteiger partial charge in [0.2, 0.25) is 5.91 Å². The standard InChI is InChI=1S/C15H19N3O2S/c1-10-15(11(2)18-17-10)21-9-14(19)16-8-12-6-4-5-7-13(12)20-3/h4-7H,8-9H2,1-3H3,(H,16,19)(H,17,18). The third-order valence-corrected chi connectivity index (χ3v) is 4.37. The lowest BCUT2D eigenvalue weighted by molar-refractivity contribution is -0.118. The van der Waals surface area contributed by atoms with Crippen molar-refractivity contribution in [2.75, 3.05) is 12.9 Å². The van der Waals surface area contributed by atoms with Crippen LogP contribution in [0.3, 0.4) is 0 Å². The molecule has 0 aliphatic rings. The van der Waals surface area contributed by atoms with Crippen molar-refractivity contribution < 1.29 is 9.53 Å². The Labute approximate surface area is 128 Å². The predicted molar refractivity (Wildman–Crippen MR) is 83.6 cm³/mol. The number of thioether (sulfide) groups is 1. The molecule has 1 heterocycles. The molecule has 21 heavy (non-hydrogen) atoms. The first kappa shape index (κ1) is 15.4. The SMILES string of the molecule is COc1ccccc1CNC(=O)CSc1c(C)n[nH]c1C. The molecule has 2 aromatic rings. The normalized spacial score (nSPS) is 10.4. The zero-order valence-corrected chi connectivity index (χ0v) is 13.2. The average Bonchev–Trinajstić information content (AvgIpc) is 2.82. The maximum absolute atomic E-state index is 11.9. The van der Waals surface area contributed by atoms with Gasteiger partial charge in [-0.05, 0) is 19.9 Å². The molecule has 1 amide bonds. The van der Waals surface area contributed by atoms with Crippen LogP contribution >= 0.6 is 11.8 Å². The summed E-state index contributed by atoms with van der Waals surface area (Å²) in [6.07, 6.45) is 0. The maximum Gasteiger partial charge on any atom is 0.230 e. The molecule has 1 aromatic heterocycles. The van der Waals surface area contributed by atoms with E-state index in [2.05, 4.69) is 15.5 Å². The number of rotatable bonds is 6. The van der Waals surface area contributed by atoms with Gasteiger partial charge in [-0.2, -0.15) is 5.10 Å². The number of methoxy groups -OCH3 is 1. The minimum atomic E-state index is -0.00842. The molecule has 112 valence electrons. The van der Waals surface area contributed by atoms with Gasteiger partial charge in [-0.25, -0.2) is 0 Å². The first-order valence-corrected chi connectivity index (χ1v) is 7.63. The van der Waals surface area contributed by atoms with E-state index in [1.165, 1.54) is 11.8 Å². The predicted octanol–water partition coefficient (Wildman–Crippen LogP) is 2.44. The summed E-state index contributed by atoms with van der Waals surface area (Å²) in [7, 11) is 1.63. The second-order valence-corrected chi connectivity index (χ2v) is 5.63. The Balaban J connectivity index is 1.85. The number of benzene rings is 1. The fraction of sp³-hybridized carbons (Fsp3) is 0.333. The topological polar surface area (TPSA) is 67.0 Å². The van der Waals surface area contributed by atoms with E-state index in [4.69, 9.17) is 4.74 Å². The summed E-state index contributed by atoms with van der Waals surface area (Å²) in [6, 6.07) is 7.66. The van der Waals surface area contributed by atoms with Crippen LogP contribution in [-0.4, -0.2) is 29.0 Å². The van der Waals surface area contributed by atoms with Crippen molar-refractivity contribution in [1.82, 2.24) is 15.5 Å². The molecule has 0 unspecified atom stereocenters. The number of amides is 1. The van der Waals surface area contributed by atoms with Crippen molar-refractivity contribution in [3.63, 3.8) is 0 Å². The monoisotopic (exact) mass is 305 g/mol. The van der Waals surface area contributed by atoms with Gasteiger partial charge in [0.15, 0.2) is 0 Å². The number of hydrogen-bond acceptors (Lipinski definition) is 4. The highest BCUT2D eigenvalue weighted by molar-refractivity contribution is 8.00. The number of aromatic amines is 1. The molecule has 2 N–H and O–H groups in total. The molecule has 0 bridgehead atoms. The van der Waals surface area contributed by atoms with Crippen LogP contribution in [0, 0.1) is 13.8 Å². The highest BCUT2D eigenvalue weighted by atomic mass is 32.2. The number of nitrogens with zero attached hydrogens (tertiary/aromatic N) is 1. The molecule has 5 nitrogen and oxygen atoms in total. The number of carbonyl (C=O) groups is 1. The van der Waals surface area contributed by atoms with Crippen molar-refractivity contribution in [3.8, 4) is 5.75 Å². The Hall–Kier alpha value is -1.95.